The molecule has 0 saturated heterocycles. The van der Waals surface area contributed by atoms with Crippen LogP contribution < -0.4 is 16.1 Å². The Hall–Kier alpha value is -4.11. The molecule has 0 bridgehead atoms. The number of pyridine rings is 1. The van der Waals surface area contributed by atoms with Crippen LogP contribution in [0.2, 0.25) is 5.02 Å². The van der Waals surface area contributed by atoms with E-state index >= 15 is 0 Å². The lowest BCUT2D eigenvalue weighted by Crippen LogP contribution is -2.29. The van der Waals surface area contributed by atoms with Crippen LogP contribution in [0.4, 0.5) is 0 Å². The van der Waals surface area contributed by atoms with Crippen LogP contribution >= 0.6 is 11.6 Å². The van der Waals surface area contributed by atoms with Crippen molar-refractivity contribution in [2.45, 2.75) is 19.2 Å². The Kier molecular flexibility index (Phi) is 7.46. The monoisotopic (exact) mass is 531 g/mol. The first-order chi connectivity index (χ1) is 18.4. The molecule has 38 heavy (non-hydrogen) atoms. The van der Waals surface area contributed by atoms with E-state index in [0.29, 0.717) is 33.4 Å². The summed E-state index contributed by atoms with van der Waals surface area (Å²) in [6.07, 6.45) is 0.604. The average molecular weight is 532 g/mol. The molecule has 3 N–H and O–H groups in total. The molecule has 0 aliphatic carbocycles. The number of nitrogens with zero attached hydrogens (tertiary/aromatic N) is 1. The van der Waals surface area contributed by atoms with E-state index in [-0.39, 0.29) is 25.2 Å². The number of fused-ring (bicyclic) bond motifs is 1. The molecular weight excluding hydrogens is 506 g/mol. The molecule has 5 aromatic rings. The molecule has 1 amide bonds. The summed E-state index contributed by atoms with van der Waals surface area (Å²) in [7, 11) is 1.71. The van der Waals surface area contributed by atoms with Crippen LogP contribution in [0.25, 0.3) is 22.4 Å². The Morgan fingerprint density at radius 3 is 2.55 bits per heavy atom. The quantitative estimate of drug-likeness (QED) is 0.252. The smallest absolute Gasteiger partial charge is 0.257 e. The SMILES string of the molecule is Cn1cc(C(=O)NCc2ccc(Cl)cc2)c(=O)c2cc(CNCC(O)c3ccc(-c4ccccc4)o3)oc21. The zero-order valence-electron chi connectivity index (χ0n) is 20.6. The number of carbonyl (C=O) groups excluding carboxylic acids is 1. The minimum Gasteiger partial charge on any atom is -0.458 e. The normalized spacial score (nSPS) is 12.1. The van der Waals surface area contributed by atoms with Crippen LogP contribution in [0.3, 0.4) is 0 Å². The summed E-state index contributed by atoms with van der Waals surface area (Å²) in [6, 6.07) is 21.9. The Morgan fingerprint density at radius 1 is 1.03 bits per heavy atom. The molecule has 0 radical (unpaired) electrons. The van der Waals surface area contributed by atoms with E-state index in [1.54, 1.807) is 35.9 Å². The van der Waals surface area contributed by atoms with Crippen LogP contribution in [0.5, 0.6) is 0 Å². The predicted molar refractivity (Wildman–Crippen MR) is 145 cm³/mol. The molecule has 2 aromatic carbocycles. The zero-order valence-corrected chi connectivity index (χ0v) is 21.4. The third kappa shape index (κ3) is 5.57. The number of amides is 1. The van der Waals surface area contributed by atoms with E-state index in [0.717, 1.165) is 11.1 Å². The lowest BCUT2D eigenvalue weighted by Gasteiger charge is -2.08. The number of aryl methyl sites for hydroxylation is 1. The third-order valence-corrected chi connectivity index (χ3v) is 6.41. The molecule has 0 spiro atoms. The number of aromatic nitrogens is 1. The average Bonchev–Trinajstić information content (AvgIpc) is 3.59. The Morgan fingerprint density at radius 2 is 1.79 bits per heavy atom. The lowest BCUT2D eigenvalue weighted by atomic mass is 10.2. The first kappa shape index (κ1) is 25.5. The lowest BCUT2D eigenvalue weighted by molar-refractivity contribution is 0.0949. The highest BCUT2D eigenvalue weighted by Crippen LogP contribution is 2.25. The van der Waals surface area contributed by atoms with Crippen molar-refractivity contribution in [1.82, 2.24) is 15.2 Å². The number of aliphatic hydroxyl groups is 1. The van der Waals surface area contributed by atoms with Crippen molar-refractivity contribution in [3.8, 4) is 11.3 Å². The number of hydrogen-bond acceptors (Lipinski definition) is 6. The number of halogens is 1. The van der Waals surface area contributed by atoms with Crippen molar-refractivity contribution in [1.29, 1.82) is 0 Å². The second kappa shape index (κ2) is 11.1. The number of carbonyl (C=O) groups is 1. The van der Waals surface area contributed by atoms with Crippen molar-refractivity contribution in [2.75, 3.05) is 6.54 Å². The third-order valence-electron chi connectivity index (χ3n) is 6.16. The minimum atomic E-state index is -0.862. The number of nitrogens with one attached hydrogen (secondary N) is 2. The highest BCUT2D eigenvalue weighted by Gasteiger charge is 2.18. The largest absolute Gasteiger partial charge is 0.458 e. The van der Waals surface area contributed by atoms with Crippen molar-refractivity contribution in [2.24, 2.45) is 7.05 Å². The molecule has 3 heterocycles. The van der Waals surface area contributed by atoms with Gasteiger partial charge in [-0.3, -0.25) is 9.59 Å². The number of furan rings is 2. The number of benzene rings is 2. The summed E-state index contributed by atoms with van der Waals surface area (Å²) < 4.78 is 13.3. The van der Waals surface area contributed by atoms with Gasteiger partial charge in [0.25, 0.3) is 5.91 Å². The molecule has 8 nitrogen and oxygen atoms in total. The van der Waals surface area contributed by atoms with Gasteiger partial charge in [0.1, 0.15) is 28.9 Å². The maximum absolute atomic E-state index is 13.1. The highest BCUT2D eigenvalue weighted by atomic mass is 35.5. The molecule has 0 fully saturated rings. The molecule has 9 heteroatoms. The van der Waals surface area contributed by atoms with Crippen LogP contribution in [-0.2, 0) is 20.1 Å². The van der Waals surface area contributed by atoms with E-state index in [9.17, 15) is 14.7 Å². The van der Waals surface area contributed by atoms with Crippen molar-refractivity contribution < 1.29 is 18.7 Å². The maximum Gasteiger partial charge on any atom is 0.257 e. The summed E-state index contributed by atoms with van der Waals surface area (Å²) in [6.45, 7) is 0.756. The van der Waals surface area contributed by atoms with E-state index in [4.69, 9.17) is 20.4 Å². The fourth-order valence-electron chi connectivity index (χ4n) is 4.16. The highest BCUT2D eigenvalue weighted by molar-refractivity contribution is 6.30. The van der Waals surface area contributed by atoms with Gasteiger partial charge in [0.05, 0.1) is 11.9 Å². The Labute approximate surface area is 223 Å². The fraction of sp³-hybridized carbons (Fsp3) is 0.172. The van der Waals surface area contributed by atoms with Gasteiger partial charge in [0.15, 0.2) is 0 Å². The topological polar surface area (TPSA) is 110 Å². The van der Waals surface area contributed by atoms with Crippen molar-refractivity contribution in [3.63, 3.8) is 0 Å². The molecule has 5 rings (SSSR count). The summed E-state index contributed by atoms with van der Waals surface area (Å²) in [5.74, 6) is 1.16. The molecule has 3 aromatic heterocycles. The fourth-order valence-corrected chi connectivity index (χ4v) is 4.29. The zero-order chi connectivity index (χ0) is 26.6. The van der Waals surface area contributed by atoms with Gasteiger partial charge in [0.2, 0.25) is 11.1 Å². The summed E-state index contributed by atoms with van der Waals surface area (Å²) >= 11 is 5.90. The van der Waals surface area contributed by atoms with E-state index in [1.165, 1.54) is 6.20 Å². The molecule has 1 atom stereocenters. The van der Waals surface area contributed by atoms with E-state index in [2.05, 4.69) is 10.6 Å². The van der Waals surface area contributed by atoms with Gasteiger partial charge in [-0.15, -0.1) is 0 Å². The second-order valence-corrected chi connectivity index (χ2v) is 9.37. The first-order valence-corrected chi connectivity index (χ1v) is 12.5. The van der Waals surface area contributed by atoms with Gasteiger partial charge in [0, 0.05) is 36.9 Å². The second-order valence-electron chi connectivity index (χ2n) is 8.94. The molecular formula is C29H26ClN3O5. The minimum absolute atomic E-state index is 0.0248. The first-order valence-electron chi connectivity index (χ1n) is 12.1. The predicted octanol–water partition coefficient (Wildman–Crippen LogP) is 4.80. The van der Waals surface area contributed by atoms with Crippen molar-refractivity contribution >= 4 is 28.6 Å². The molecule has 1 unspecified atom stereocenters. The standard InChI is InChI=1S/C29H26ClN3O5/c1-33-17-23(28(36)32-14-18-7-9-20(30)10-8-18)27(35)22-13-21(37-29(22)33)15-31-16-24(34)26-12-11-25(38-26)19-5-3-2-4-6-19/h2-13,17,24,31,34H,14-16H2,1H3,(H,32,36). The summed E-state index contributed by atoms with van der Waals surface area (Å²) in [5.41, 5.74) is 1.77. The van der Waals surface area contributed by atoms with Crippen LogP contribution in [0.1, 0.15) is 33.5 Å². The number of rotatable bonds is 9. The van der Waals surface area contributed by atoms with Crippen LogP contribution in [0, 0.1) is 0 Å². The van der Waals surface area contributed by atoms with Gasteiger partial charge in [-0.2, -0.15) is 0 Å². The molecule has 0 aliphatic rings. The number of hydrogen-bond donors (Lipinski definition) is 3. The van der Waals surface area contributed by atoms with Gasteiger partial charge >= 0.3 is 0 Å². The molecule has 194 valence electrons. The van der Waals surface area contributed by atoms with Gasteiger partial charge in [-0.05, 0) is 35.9 Å². The van der Waals surface area contributed by atoms with Crippen LogP contribution in [0.15, 0.2) is 92.6 Å². The van der Waals surface area contributed by atoms with Crippen molar-refractivity contribution in [3.05, 3.63) is 117 Å². The van der Waals surface area contributed by atoms with Gasteiger partial charge in [-0.1, -0.05) is 54.1 Å². The molecule has 0 saturated carbocycles. The maximum atomic E-state index is 13.1. The van der Waals surface area contributed by atoms with Crippen LogP contribution in [-0.4, -0.2) is 22.1 Å². The number of aliphatic hydroxyl groups excluding tert-OH is 1. The van der Waals surface area contributed by atoms with Gasteiger partial charge in [-0.25, -0.2) is 0 Å². The van der Waals surface area contributed by atoms with Gasteiger partial charge < -0.3 is 29.1 Å². The Balaban J connectivity index is 1.22. The van der Waals surface area contributed by atoms with E-state index in [1.807, 2.05) is 48.5 Å². The summed E-state index contributed by atoms with van der Waals surface area (Å²) in [5, 5.41) is 17.4. The summed E-state index contributed by atoms with van der Waals surface area (Å²) in [4.78, 5) is 25.8. The molecule has 0 aliphatic heterocycles. The Bertz CT molecular complexity index is 1620. The van der Waals surface area contributed by atoms with E-state index < -0.39 is 17.4 Å².